The number of aryl methyl sites for hydroxylation is 1. The fourth-order valence-electron chi connectivity index (χ4n) is 2.51. The van der Waals surface area contributed by atoms with Gasteiger partial charge in [0.25, 0.3) is 0 Å². The van der Waals surface area contributed by atoms with Gasteiger partial charge in [0.2, 0.25) is 0 Å². The Morgan fingerprint density at radius 3 is 2.68 bits per heavy atom. The molecule has 2 rings (SSSR count). The monoisotopic (exact) mass is 278 g/mol. The summed E-state index contributed by atoms with van der Waals surface area (Å²) in [6, 6.07) is 6.56. The quantitative estimate of drug-likeness (QED) is 0.827. The van der Waals surface area contributed by atoms with Crippen LogP contribution in [0, 0.1) is 6.92 Å². The van der Waals surface area contributed by atoms with Crippen LogP contribution in [0.3, 0.4) is 0 Å². The Balaban J connectivity index is 1.95. The molecule has 1 aliphatic rings. The van der Waals surface area contributed by atoms with Gasteiger partial charge >= 0.3 is 0 Å². The first-order valence-corrected chi connectivity index (χ1v) is 7.32. The highest BCUT2D eigenvalue weighted by Crippen LogP contribution is 2.25. The van der Waals surface area contributed by atoms with E-state index in [0.717, 1.165) is 11.4 Å². The maximum absolute atomic E-state index is 5.39. The summed E-state index contributed by atoms with van der Waals surface area (Å²) in [6.07, 6.45) is 6.38. The predicted molar refractivity (Wildman–Crippen MR) is 84.0 cm³/mol. The molecule has 0 heterocycles. The van der Waals surface area contributed by atoms with Gasteiger partial charge in [-0.3, -0.25) is 0 Å². The maximum Gasteiger partial charge on any atom is 0.171 e. The van der Waals surface area contributed by atoms with Gasteiger partial charge in [-0.25, -0.2) is 0 Å². The van der Waals surface area contributed by atoms with Crippen LogP contribution in [0.2, 0.25) is 0 Å². The normalized spacial score (nSPS) is 15.9. The Labute approximate surface area is 120 Å². The van der Waals surface area contributed by atoms with E-state index in [-0.39, 0.29) is 0 Å². The average Bonchev–Trinajstić information content (AvgIpc) is 2.40. The van der Waals surface area contributed by atoms with Gasteiger partial charge in [-0.05, 0) is 49.7 Å². The molecule has 0 aromatic heterocycles. The molecule has 0 bridgehead atoms. The van der Waals surface area contributed by atoms with Crippen molar-refractivity contribution in [1.82, 2.24) is 5.32 Å². The minimum Gasteiger partial charge on any atom is -0.495 e. The number of rotatable bonds is 3. The molecule has 0 unspecified atom stereocenters. The first kappa shape index (κ1) is 14.1. The summed E-state index contributed by atoms with van der Waals surface area (Å²) in [7, 11) is 1.67. The second-order valence-electron chi connectivity index (χ2n) is 5.14. The highest BCUT2D eigenvalue weighted by atomic mass is 32.1. The molecule has 0 aliphatic heterocycles. The first-order chi connectivity index (χ1) is 9.19. The molecule has 1 saturated carbocycles. The molecule has 0 amide bonds. The second kappa shape index (κ2) is 6.75. The van der Waals surface area contributed by atoms with Crippen molar-refractivity contribution in [3.63, 3.8) is 0 Å². The van der Waals surface area contributed by atoms with E-state index in [2.05, 4.69) is 17.6 Å². The largest absolute Gasteiger partial charge is 0.495 e. The lowest BCUT2D eigenvalue weighted by molar-refractivity contribution is 0.413. The Bertz CT molecular complexity index is 442. The molecule has 0 spiro atoms. The number of benzene rings is 1. The lowest BCUT2D eigenvalue weighted by Crippen LogP contribution is -2.38. The molecule has 0 radical (unpaired) electrons. The van der Waals surface area contributed by atoms with Crippen LogP contribution in [-0.4, -0.2) is 18.3 Å². The fourth-order valence-corrected chi connectivity index (χ4v) is 2.79. The van der Waals surface area contributed by atoms with Crippen molar-refractivity contribution in [2.75, 3.05) is 12.4 Å². The number of hydrogen-bond donors (Lipinski definition) is 2. The maximum atomic E-state index is 5.39. The number of ether oxygens (including phenoxy) is 1. The van der Waals surface area contributed by atoms with Crippen LogP contribution in [0.5, 0.6) is 5.75 Å². The Hall–Kier alpha value is -1.29. The molecule has 19 heavy (non-hydrogen) atoms. The molecule has 3 nitrogen and oxygen atoms in total. The zero-order valence-corrected chi connectivity index (χ0v) is 12.5. The van der Waals surface area contributed by atoms with Crippen LogP contribution in [0.25, 0.3) is 0 Å². The van der Waals surface area contributed by atoms with E-state index < -0.39 is 0 Å². The molecule has 104 valence electrons. The summed E-state index contributed by atoms with van der Waals surface area (Å²) in [4.78, 5) is 0. The summed E-state index contributed by atoms with van der Waals surface area (Å²) < 4.78 is 5.34. The molecule has 1 fully saturated rings. The number of hydrogen-bond acceptors (Lipinski definition) is 2. The van der Waals surface area contributed by atoms with Crippen molar-refractivity contribution < 1.29 is 4.74 Å². The third-order valence-electron chi connectivity index (χ3n) is 3.54. The van der Waals surface area contributed by atoms with Crippen molar-refractivity contribution in [2.45, 2.75) is 45.1 Å². The Morgan fingerprint density at radius 1 is 1.26 bits per heavy atom. The molecular formula is C15H22N2OS. The summed E-state index contributed by atoms with van der Waals surface area (Å²) in [5.41, 5.74) is 2.11. The number of methoxy groups -OCH3 is 1. The van der Waals surface area contributed by atoms with Gasteiger partial charge in [-0.15, -0.1) is 0 Å². The Kier molecular flexibility index (Phi) is 5.02. The van der Waals surface area contributed by atoms with Gasteiger partial charge in [0.1, 0.15) is 5.75 Å². The van der Waals surface area contributed by atoms with E-state index >= 15 is 0 Å². The fraction of sp³-hybridized carbons (Fsp3) is 0.533. The van der Waals surface area contributed by atoms with E-state index in [1.807, 2.05) is 18.2 Å². The van der Waals surface area contributed by atoms with Crippen molar-refractivity contribution in [1.29, 1.82) is 0 Å². The minimum absolute atomic E-state index is 0.518. The Morgan fingerprint density at radius 2 is 2.00 bits per heavy atom. The van der Waals surface area contributed by atoms with E-state index in [0.29, 0.717) is 11.2 Å². The van der Waals surface area contributed by atoms with E-state index in [1.165, 1.54) is 37.7 Å². The summed E-state index contributed by atoms with van der Waals surface area (Å²) in [5, 5.41) is 7.34. The molecule has 0 saturated heterocycles. The van der Waals surface area contributed by atoms with Gasteiger partial charge < -0.3 is 15.4 Å². The van der Waals surface area contributed by atoms with Crippen LogP contribution in [0.15, 0.2) is 18.2 Å². The van der Waals surface area contributed by atoms with Crippen molar-refractivity contribution in [3.8, 4) is 5.75 Å². The highest BCUT2D eigenvalue weighted by Gasteiger charge is 2.14. The van der Waals surface area contributed by atoms with Gasteiger partial charge in [-0.2, -0.15) is 0 Å². The van der Waals surface area contributed by atoms with Gasteiger partial charge in [0, 0.05) is 6.04 Å². The van der Waals surface area contributed by atoms with E-state index in [1.54, 1.807) is 7.11 Å². The zero-order chi connectivity index (χ0) is 13.7. The molecular weight excluding hydrogens is 256 g/mol. The van der Waals surface area contributed by atoms with E-state index in [9.17, 15) is 0 Å². The van der Waals surface area contributed by atoms with Gasteiger partial charge in [0.05, 0.1) is 12.8 Å². The SMILES string of the molecule is COc1ccc(C)cc1NC(=S)NC1CCCCC1. The first-order valence-electron chi connectivity index (χ1n) is 6.91. The molecule has 4 heteroatoms. The molecule has 1 aromatic rings. The van der Waals surface area contributed by atoms with Crippen LogP contribution in [0.1, 0.15) is 37.7 Å². The lowest BCUT2D eigenvalue weighted by atomic mass is 9.96. The molecule has 1 aromatic carbocycles. The minimum atomic E-state index is 0.518. The molecule has 1 aliphatic carbocycles. The summed E-state index contributed by atoms with van der Waals surface area (Å²) in [5.74, 6) is 0.818. The number of thiocarbonyl (C=S) groups is 1. The van der Waals surface area contributed by atoms with Crippen LogP contribution >= 0.6 is 12.2 Å². The molecule has 2 N–H and O–H groups in total. The topological polar surface area (TPSA) is 33.3 Å². The van der Waals surface area contributed by atoms with Crippen molar-refractivity contribution >= 4 is 23.0 Å². The van der Waals surface area contributed by atoms with Crippen LogP contribution < -0.4 is 15.4 Å². The van der Waals surface area contributed by atoms with Crippen molar-refractivity contribution in [3.05, 3.63) is 23.8 Å². The summed E-state index contributed by atoms with van der Waals surface area (Å²) in [6.45, 7) is 2.06. The standard InChI is InChI=1S/C15H22N2OS/c1-11-8-9-14(18-2)13(10-11)17-15(19)16-12-6-4-3-5-7-12/h8-10,12H,3-7H2,1-2H3,(H2,16,17,19). The smallest absolute Gasteiger partial charge is 0.171 e. The highest BCUT2D eigenvalue weighted by molar-refractivity contribution is 7.80. The average molecular weight is 278 g/mol. The van der Waals surface area contributed by atoms with Crippen LogP contribution in [-0.2, 0) is 0 Å². The summed E-state index contributed by atoms with van der Waals surface area (Å²) >= 11 is 5.39. The second-order valence-corrected chi connectivity index (χ2v) is 5.55. The third-order valence-corrected chi connectivity index (χ3v) is 3.76. The molecule has 0 atom stereocenters. The van der Waals surface area contributed by atoms with Gasteiger partial charge in [0.15, 0.2) is 5.11 Å². The number of anilines is 1. The van der Waals surface area contributed by atoms with E-state index in [4.69, 9.17) is 17.0 Å². The van der Waals surface area contributed by atoms with Crippen molar-refractivity contribution in [2.24, 2.45) is 0 Å². The van der Waals surface area contributed by atoms with Gasteiger partial charge in [-0.1, -0.05) is 25.3 Å². The van der Waals surface area contributed by atoms with Crippen LogP contribution in [0.4, 0.5) is 5.69 Å². The predicted octanol–water partition coefficient (Wildman–Crippen LogP) is 3.62. The number of nitrogens with one attached hydrogen (secondary N) is 2. The zero-order valence-electron chi connectivity index (χ0n) is 11.7. The lowest BCUT2D eigenvalue weighted by Gasteiger charge is -2.24. The third kappa shape index (κ3) is 4.10.